The molecule has 0 bridgehead atoms. The number of unbranched alkanes of at least 4 members (excludes halogenated alkanes) is 1. The molecule has 1 aromatic carbocycles. The van der Waals surface area contributed by atoms with Gasteiger partial charge in [0.15, 0.2) is 0 Å². The second-order valence-electron chi connectivity index (χ2n) is 5.09. The van der Waals surface area contributed by atoms with E-state index in [9.17, 15) is 9.59 Å². The Balaban J connectivity index is 2.05. The summed E-state index contributed by atoms with van der Waals surface area (Å²) in [6.07, 6.45) is 2.25. The van der Waals surface area contributed by atoms with Crippen LogP contribution in [0.5, 0.6) is 0 Å². The van der Waals surface area contributed by atoms with E-state index >= 15 is 0 Å². The topological polar surface area (TPSA) is 78.6 Å². The van der Waals surface area contributed by atoms with Crippen molar-refractivity contribution in [3.05, 3.63) is 42.0 Å². The van der Waals surface area contributed by atoms with Crippen LogP contribution in [0, 0.1) is 0 Å². The van der Waals surface area contributed by atoms with Gasteiger partial charge in [-0.1, -0.05) is 18.7 Å². The molecule has 0 radical (unpaired) electrons. The van der Waals surface area contributed by atoms with Crippen molar-refractivity contribution in [3.8, 4) is 0 Å². The third-order valence-electron chi connectivity index (χ3n) is 2.99. The third-order valence-corrected chi connectivity index (χ3v) is 2.99. The lowest BCUT2D eigenvalue weighted by Crippen LogP contribution is -2.09. The van der Waals surface area contributed by atoms with E-state index in [1.54, 1.807) is 6.92 Å². The Hall–Kier alpha value is -2.30. The van der Waals surface area contributed by atoms with E-state index in [4.69, 9.17) is 15.2 Å². The van der Waals surface area contributed by atoms with Gasteiger partial charge in [-0.25, -0.2) is 4.79 Å². The van der Waals surface area contributed by atoms with Gasteiger partial charge in [0.25, 0.3) is 0 Å². The number of anilines is 1. The van der Waals surface area contributed by atoms with Gasteiger partial charge in [0.05, 0.1) is 13.2 Å². The minimum Gasteiger partial charge on any atom is -0.465 e. The molecule has 0 aliphatic rings. The molecule has 0 saturated heterocycles. The maximum Gasteiger partial charge on any atom is 0.333 e. The molecule has 0 spiro atoms. The minimum absolute atomic E-state index is 0.235. The normalized spacial score (nSPS) is 10.0. The van der Waals surface area contributed by atoms with Crippen molar-refractivity contribution >= 4 is 17.6 Å². The first-order chi connectivity index (χ1) is 10.5. The fourth-order valence-electron chi connectivity index (χ4n) is 1.70. The molecule has 0 aliphatic heterocycles. The van der Waals surface area contributed by atoms with Crippen molar-refractivity contribution in [1.82, 2.24) is 0 Å². The Bertz CT molecular complexity index is 508. The van der Waals surface area contributed by atoms with Crippen LogP contribution in [0.3, 0.4) is 0 Å². The SMILES string of the molecule is C=C(C)C(=O)OCCCCC(=O)OCCc1ccc(N)cc1. The molecule has 0 aliphatic carbocycles. The van der Waals surface area contributed by atoms with Gasteiger partial charge in [0.2, 0.25) is 0 Å². The van der Waals surface area contributed by atoms with Crippen molar-refractivity contribution in [3.63, 3.8) is 0 Å². The highest BCUT2D eigenvalue weighted by Crippen LogP contribution is 2.07. The molecule has 0 unspecified atom stereocenters. The highest BCUT2D eigenvalue weighted by Gasteiger charge is 2.05. The second-order valence-corrected chi connectivity index (χ2v) is 5.09. The molecule has 0 amide bonds. The van der Waals surface area contributed by atoms with Gasteiger partial charge < -0.3 is 15.2 Å². The summed E-state index contributed by atoms with van der Waals surface area (Å²) >= 11 is 0. The van der Waals surface area contributed by atoms with Crippen LogP contribution in [0.4, 0.5) is 5.69 Å². The highest BCUT2D eigenvalue weighted by atomic mass is 16.5. The van der Waals surface area contributed by atoms with Crippen molar-refractivity contribution in [1.29, 1.82) is 0 Å². The summed E-state index contributed by atoms with van der Waals surface area (Å²) in [5, 5.41) is 0. The van der Waals surface area contributed by atoms with Crippen LogP contribution in [0.2, 0.25) is 0 Å². The number of carbonyl (C=O) groups is 2. The molecule has 5 nitrogen and oxygen atoms in total. The van der Waals surface area contributed by atoms with Crippen molar-refractivity contribution in [2.45, 2.75) is 32.6 Å². The molecule has 0 heterocycles. The van der Waals surface area contributed by atoms with Crippen molar-refractivity contribution < 1.29 is 19.1 Å². The molecule has 0 atom stereocenters. The van der Waals surface area contributed by atoms with Gasteiger partial charge in [-0.05, 0) is 37.5 Å². The number of benzene rings is 1. The monoisotopic (exact) mass is 305 g/mol. The Labute approximate surface area is 131 Å². The van der Waals surface area contributed by atoms with Crippen molar-refractivity contribution in [2.75, 3.05) is 18.9 Å². The van der Waals surface area contributed by atoms with E-state index in [1.165, 1.54) is 0 Å². The van der Waals surface area contributed by atoms with Gasteiger partial charge in [-0.3, -0.25) is 4.79 Å². The first kappa shape index (κ1) is 17.8. The Morgan fingerprint density at radius 2 is 1.77 bits per heavy atom. The lowest BCUT2D eigenvalue weighted by atomic mass is 10.1. The number of nitrogen functional groups attached to an aromatic ring is 1. The zero-order chi connectivity index (χ0) is 16.4. The predicted molar refractivity (Wildman–Crippen MR) is 85.1 cm³/mol. The van der Waals surface area contributed by atoms with Crippen LogP contribution in [-0.4, -0.2) is 25.2 Å². The summed E-state index contributed by atoms with van der Waals surface area (Å²) < 4.78 is 10.1. The molecule has 0 saturated carbocycles. The summed E-state index contributed by atoms with van der Waals surface area (Å²) in [5.74, 6) is -0.632. The lowest BCUT2D eigenvalue weighted by molar-refractivity contribution is -0.143. The zero-order valence-electron chi connectivity index (χ0n) is 13.0. The number of hydrogen-bond donors (Lipinski definition) is 1. The number of rotatable bonds is 9. The number of nitrogens with two attached hydrogens (primary N) is 1. The lowest BCUT2D eigenvalue weighted by Gasteiger charge is -2.06. The molecular weight excluding hydrogens is 282 g/mol. The van der Waals surface area contributed by atoms with E-state index in [0.717, 1.165) is 5.56 Å². The summed E-state index contributed by atoms with van der Waals surface area (Å²) in [6, 6.07) is 7.48. The van der Waals surface area contributed by atoms with E-state index in [2.05, 4.69) is 6.58 Å². The standard InChI is InChI=1S/C17H23NO4/c1-13(2)17(20)22-11-4-3-5-16(19)21-12-10-14-6-8-15(18)9-7-14/h6-9H,1,3-5,10-12,18H2,2H3. The molecular formula is C17H23NO4. The number of hydrogen-bond acceptors (Lipinski definition) is 5. The molecule has 1 rings (SSSR count). The quantitative estimate of drug-likeness (QED) is 0.328. The molecule has 2 N–H and O–H groups in total. The van der Waals surface area contributed by atoms with Crippen LogP contribution >= 0.6 is 0 Å². The van der Waals surface area contributed by atoms with E-state index in [1.807, 2.05) is 24.3 Å². The van der Waals surface area contributed by atoms with Crippen LogP contribution in [0.25, 0.3) is 0 Å². The molecule has 0 aromatic heterocycles. The summed E-state index contributed by atoms with van der Waals surface area (Å²) in [5.41, 5.74) is 7.77. The zero-order valence-corrected chi connectivity index (χ0v) is 13.0. The Morgan fingerprint density at radius 3 is 2.41 bits per heavy atom. The second kappa shape index (κ2) is 9.60. The van der Waals surface area contributed by atoms with Crippen LogP contribution in [0.15, 0.2) is 36.4 Å². The summed E-state index contributed by atoms with van der Waals surface area (Å²) in [6.45, 7) is 5.74. The van der Waals surface area contributed by atoms with Gasteiger partial charge >= 0.3 is 11.9 Å². The van der Waals surface area contributed by atoms with Gasteiger partial charge in [0.1, 0.15) is 0 Å². The van der Waals surface area contributed by atoms with Crippen LogP contribution in [0.1, 0.15) is 31.7 Å². The number of esters is 2. The first-order valence-corrected chi connectivity index (χ1v) is 7.31. The Kier molecular flexibility index (Phi) is 7.75. The van der Waals surface area contributed by atoms with Gasteiger partial charge in [-0.15, -0.1) is 0 Å². The number of carbonyl (C=O) groups excluding carboxylic acids is 2. The highest BCUT2D eigenvalue weighted by molar-refractivity contribution is 5.86. The smallest absolute Gasteiger partial charge is 0.333 e. The maximum absolute atomic E-state index is 11.5. The van der Waals surface area contributed by atoms with E-state index < -0.39 is 5.97 Å². The molecule has 120 valence electrons. The molecule has 22 heavy (non-hydrogen) atoms. The summed E-state index contributed by atoms with van der Waals surface area (Å²) in [4.78, 5) is 22.6. The van der Waals surface area contributed by atoms with E-state index in [0.29, 0.717) is 50.2 Å². The third kappa shape index (κ3) is 7.47. The van der Waals surface area contributed by atoms with Crippen LogP contribution in [-0.2, 0) is 25.5 Å². The molecule has 0 fully saturated rings. The van der Waals surface area contributed by atoms with Gasteiger partial charge in [-0.2, -0.15) is 0 Å². The van der Waals surface area contributed by atoms with Gasteiger partial charge in [0, 0.05) is 24.1 Å². The number of ether oxygens (including phenoxy) is 2. The van der Waals surface area contributed by atoms with Crippen LogP contribution < -0.4 is 5.73 Å². The fourth-order valence-corrected chi connectivity index (χ4v) is 1.70. The Morgan fingerprint density at radius 1 is 1.09 bits per heavy atom. The largest absolute Gasteiger partial charge is 0.465 e. The molecule has 1 aromatic rings. The average molecular weight is 305 g/mol. The van der Waals surface area contributed by atoms with E-state index in [-0.39, 0.29) is 5.97 Å². The average Bonchev–Trinajstić information content (AvgIpc) is 2.48. The minimum atomic E-state index is -0.397. The molecule has 5 heteroatoms. The first-order valence-electron chi connectivity index (χ1n) is 7.31. The predicted octanol–water partition coefficient (Wildman–Crippen LogP) is 2.64. The van der Waals surface area contributed by atoms with Crippen molar-refractivity contribution in [2.24, 2.45) is 0 Å². The summed E-state index contributed by atoms with van der Waals surface area (Å²) in [7, 11) is 0. The maximum atomic E-state index is 11.5. The fraction of sp³-hybridized carbons (Fsp3) is 0.412.